The monoisotopic (exact) mass is 323 g/mol. The number of piperazine rings is 1. The fourth-order valence-corrected chi connectivity index (χ4v) is 3.32. The van der Waals surface area contributed by atoms with Crippen molar-refractivity contribution in [2.45, 2.75) is 13.3 Å². The average Bonchev–Trinajstić information content (AvgIpc) is 3.01. The number of nitrogens with zero attached hydrogens (tertiary/aromatic N) is 3. The van der Waals surface area contributed by atoms with E-state index < -0.39 is 0 Å². The van der Waals surface area contributed by atoms with Crippen molar-refractivity contribution < 1.29 is 0 Å². The van der Waals surface area contributed by atoms with Gasteiger partial charge >= 0.3 is 0 Å². The van der Waals surface area contributed by atoms with Crippen molar-refractivity contribution in [1.82, 2.24) is 15.1 Å². The molecule has 0 aliphatic carbocycles. The Labute approximate surface area is 138 Å². The molecule has 0 aromatic carbocycles. The van der Waals surface area contributed by atoms with Crippen LogP contribution in [0.25, 0.3) is 0 Å². The molecule has 1 saturated heterocycles. The summed E-state index contributed by atoms with van der Waals surface area (Å²) < 4.78 is 0. The smallest absolute Gasteiger partial charge is 0.188 e. The predicted molar refractivity (Wildman–Crippen MR) is 95.6 cm³/mol. The molecule has 3 N–H and O–H groups in total. The van der Waals surface area contributed by atoms with Gasteiger partial charge in [-0.1, -0.05) is 13.0 Å². The molecule has 0 saturated carbocycles. The molecule has 1 aromatic heterocycles. The molecule has 0 bridgehead atoms. The van der Waals surface area contributed by atoms with Crippen LogP contribution in [0.2, 0.25) is 0 Å². The molecule has 1 fully saturated rings. The SMILES string of the molecule is CC(CN=C(N)NCCc1cccs1)CN1CCN(C)CC1. The third kappa shape index (κ3) is 6.34. The lowest BCUT2D eigenvalue weighted by atomic mass is 10.1. The summed E-state index contributed by atoms with van der Waals surface area (Å²) in [7, 11) is 2.19. The van der Waals surface area contributed by atoms with Gasteiger partial charge < -0.3 is 20.9 Å². The van der Waals surface area contributed by atoms with E-state index in [9.17, 15) is 0 Å². The van der Waals surface area contributed by atoms with Crippen molar-refractivity contribution in [3.63, 3.8) is 0 Å². The standard InChI is InChI=1S/C16H29N5S/c1-14(13-21-9-7-20(2)8-10-21)12-19-16(17)18-6-5-15-4-3-11-22-15/h3-4,11,14H,5-10,12-13H2,1-2H3,(H3,17,18,19). The number of guanidine groups is 1. The molecule has 0 amide bonds. The van der Waals surface area contributed by atoms with Crippen molar-refractivity contribution in [2.75, 3.05) is 52.9 Å². The van der Waals surface area contributed by atoms with E-state index in [0.717, 1.165) is 26.1 Å². The summed E-state index contributed by atoms with van der Waals surface area (Å²) in [4.78, 5) is 10.8. The molecular formula is C16H29N5S. The Morgan fingerprint density at radius 3 is 2.86 bits per heavy atom. The maximum Gasteiger partial charge on any atom is 0.188 e. The largest absolute Gasteiger partial charge is 0.370 e. The Hall–Kier alpha value is -1.11. The van der Waals surface area contributed by atoms with E-state index in [4.69, 9.17) is 5.73 Å². The van der Waals surface area contributed by atoms with Crippen LogP contribution >= 0.6 is 11.3 Å². The zero-order chi connectivity index (χ0) is 15.8. The Morgan fingerprint density at radius 2 is 2.18 bits per heavy atom. The highest BCUT2D eigenvalue weighted by atomic mass is 32.1. The van der Waals surface area contributed by atoms with E-state index in [0.29, 0.717) is 11.9 Å². The van der Waals surface area contributed by atoms with Crippen molar-refractivity contribution in [1.29, 1.82) is 0 Å². The predicted octanol–water partition coefficient (Wildman–Crippen LogP) is 1.08. The van der Waals surface area contributed by atoms with Crippen LogP contribution in [0, 0.1) is 5.92 Å². The highest BCUT2D eigenvalue weighted by molar-refractivity contribution is 7.09. The molecule has 1 aromatic rings. The normalized spacial score (nSPS) is 19.3. The van der Waals surface area contributed by atoms with Gasteiger partial charge in [0.1, 0.15) is 0 Å². The van der Waals surface area contributed by atoms with Crippen LogP contribution in [-0.4, -0.2) is 68.6 Å². The molecule has 1 atom stereocenters. The van der Waals surface area contributed by atoms with Gasteiger partial charge in [0.15, 0.2) is 5.96 Å². The fourth-order valence-electron chi connectivity index (χ4n) is 2.61. The van der Waals surface area contributed by atoms with E-state index >= 15 is 0 Å². The van der Waals surface area contributed by atoms with Gasteiger partial charge in [-0.05, 0) is 30.8 Å². The molecule has 22 heavy (non-hydrogen) atoms. The lowest BCUT2D eigenvalue weighted by Gasteiger charge is -2.33. The second-order valence-corrected chi connectivity index (χ2v) is 7.22. The van der Waals surface area contributed by atoms with Crippen molar-refractivity contribution in [2.24, 2.45) is 16.6 Å². The quantitative estimate of drug-likeness (QED) is 0.582. The van der Waals surface area contributed by atoms with Crippen molar-refractivity contribution >= 4 is 17.3 Å². The minimum absolute atomic E-state index is 0.543. The van der Waals surface area contributed by atoms with E-state index in [2.05, 4.69) is 51.6 Å². The zero-order valence-electron chi connectivity index (χ0n) is 13.8. The number of likely N-dealkylation sites (N-methyl/N-ethyl adjacent to an activating group) is 1. The van der Waals surface area contributed by atoms with E-state index in [1.165, 1.54) is 31.1 Å². The lowest BCUT2D eigenvalue weighted by molar-refractivity contribution is 0.140. The molecule has 0 radical (unpaired) electrons. The summed E-state index contributed by atoms with van der Waals surface area (Å²) >= 11 is 1.78. The van der Waals surface area contributed by atoms with Crippen LogP contribution < -0.4 is 11.1 Å². The van der Waals surface area contributed by atoms with E-state index in [1.807, 2.05) is 0 Å². The first-order valence-corrected chi connectivity index (χ1v) is 8.98. The maximum atomic E-state index is 5.93. The van der Waals surface area contributed by atoms with Gasteiger partial charge in [0, 0.05) is 50.7 Å². The van der Waals surface area contributed by atoms with Crippen molar-refractivity contribution in [3.8, 4) is 0 Å². The van der Waals surface area contributed by atoms with Gasteiger partial charge in [-0.25, -0.2) is 0 Å². The lowest BCUT2D eigenvalue weighted by Crippen LogP contribution is -2.46. The molecule has 0 spiro atoms. The molecule has 124 valence electrons. The van der Waals surface area contributed by atoms with Gasteiger partial charge in [-0.2, -0.15) is 0 Å². The minimum Gasteiger partial charge on any atom is -0.370 e. The molecule has 1 unspecified atom stereocenters. The highest BCUT2D eigenvalue weighted by Gasteiger charge is 2.15. The van der Waals surface area contributed by atoms with Crippen LogP contribution in [0.4, 0.5) is 0 Å². The minimum atomic E-state index is 0.543. The summed E-state index contributed by atoms with van der Waals surface area (Å²) in [6.07, 6.45) is 1.00. The maximum absolute atomic E-state index is 5.93. The summed E-state index contributed by atoms with van der Waals surface area (Å²) in [5, 5.41) is 5.30. The Balaban J connectivity index is 1.60. The number of hydrogen-bond acceptors (Lipinski definition) is 4. The number of nitrogens with two attached hydrogens (primary N) is 1. The molecular weight excluding hydrogens is 294 g/mol. The van der Waals surface area contributed by atoms with Crippen LogP contribution in [-0.2, 0) is 6.42 Å². The van der Waals surface area contributed by atoms with Gasteiger partial charge in [-0.15, -0.1) is 11.3 Å². The number of nitrogens with one attached hydrogen (secondary N) is 1. The highest BCUT2D eigenvalue weighted by Crippen LogP contribution is 2.08. The molecule has 1 aliphatic rings. The second-order valence-electron chi connectivity index (χ2n) is 6.19. The van der Waals surface area contributed by atoms with E-state index in [1.54, 1.807) is 11.3 Å². The van der Waals surface area contributed by atoms with Crippen LogP contribution in [0.15, 0.2) is 22.5 Å². The van der Waals surface area contributed by atoms with Crippen LogP contribution in [0.3, 0.4) is 0 Å². The summed E-state index contributed by atoms with van der Waals surface area (Å²) in [6.45, 7) is 9.68. The Bertz CT molecular complexity index is 437. The van der Waals surface area contributed by atoms with Gasteiger partial charge in [0.05, 0.1) is 0 Å². The topological polar surface area (TPSA) is 56.9 Å². The van der Waals surface area contributed by atoms with Gasteiger partial charge in [-0.3, -0.25) is 4.99 Å². The third-order valence-electron chi connectivity index (χ3n) is 4.00. The van der Waals surface area contributed by atoms with Crippen LogP contribution in [0.5, 0.6) is 0 Å². The molecule has 5 nitrogen and oxygen atoms in total. The second kappa shape index (κ2) is 9.12. The Morgan fingerprint density at radius 1 is 1.41 bits per heavy atom. The van der Waals surface area contributed by atoms with Gasteiger partial charge in [0.2, 0.25) is 0 Å². The number of thiophene rings is 1. The first-order valence-electron chi connectivity index (χ1n) is 8.10. The zero-order valence-corrected chi connectivity index (χ0v) is 14.6. The van der Waals surface area contributed by atoms with Gasteiger partial charge in [0.25, 0.3) is 0 Å². The summed E-state index contributed by atoms with van der Waals surface area (Å²) in [5.74, 6) is 1.11. The first-order chi connectivity index (χ1) is 10.6. The number of rotatable bonds is 7. The average molecular weight is 324 g/mol. The van der Waals surface area contributed by atoms with Crippen molar-refractivity contribution in [3.05, 3.63) is 22.4 Å². The molecule has 1 aliphatic heterocycles. The Kier molecular flexibility index (Phi) is 7.15. The third-order valence-corrected chi connectivity index (χ3v) is 4.93. The van der Waals surface area contributed by atoms with E-state index in [-0.39, 0.29) is 0 Å². The summed E-state index contributed by atoms with van der Waals surface area (Å²) in [5.41, 5.74) is 5.93. The van der Waals surface area contributed by atoms with Crippen LogP contribution in [0.1, 0.15) is 11.8 Å². The number of aliphatic imine (C=N–C) groups is 1. The fraction of sp³-hybridized carbons (Fsp3) is 0.688. The summed E-state index contributed by atoms with van der Waals surface area (Å²) in [6, 6.07) is 4.23. The number of hydrogen-bond donors (Lipinski definition) is 2. The molecule has 6 heteroatoms. The first kappa shape index (κ1) is 17.2. The molecule has 2 heterocycles. The molecule has 2 rings (SSSR count).